The van der Waals surface area contributed by atoms with Crippen molar-refractivity contribution >= 4 is 23.2 Å². The predicted molar refractivity (Wildman–Crippen MR) is 79.0 cm³/mol. The fourth-order valence-electron chi connectivity index (χ4n) is 1.83. The lowest BCUT2D eigenvalue weighted by atomic mass is 10.1. The zero-order chi connectivity index (χ0) is 16.1. The Morgan fingerprint density at radius 2 is 1.95 bits per heavy atom. The van der Waals surface area contributed by atoms with E-state index in [0.29, 0.717) is 10.7 Å². The zero-order valence-corrected chi connectivity index (χ0v) is 12.2. The van der Waals surface area contributed by atoms with E-state index in [1.54, 1.807) is 18.2 Å². The molecule has 2 aromatic carbocycles. The summed E-state index contributed by atoms with van der Waals surface area (Å²) < 4.78 is 34.4. The van der Waals surface area contributed by atoms with E-state index in [1.807, 2.05) is 0 Å². The second-order valence-corrected chi connectivity index (χ2v) is 4.62. The molecule has 0 aliphatic carbocycles. The van der Waals surface area contributed by atoms with E-state index in [0.717, 1.165) is 0 Å². The maximum absolute atomic E-state index is 12.5. The van der Waals surface area contributed by atoms with E-state index in [9.17, 15) is 13.6 Å². The minimum absolute atomic E-state index is 0.0408. The highest BCUT2D eigenvalue weighted by molar-refractivity contribution is 6.31. The third kappa shape index (κ3) is 3.85. The van der Waals surface area contributed by atoms with Crippen LogP contribution >= 0.6 is 11.6 Å². The summed E-state index contributed by atoms with van der Waals surface area (Å²) in [5, 5.41) is 3.00. The van der Waals surface area contributed by atoms with Crippen molar-refractivity contribution in [1.82, 2.24) is 0 Å². The number of benzene rings is 2. The third-order valence-corrected chi connectivity index (χ3v) is 2.97. The van der Waals surface area contributed by atoms with Gasteiger partial charge < -0.3 is 14.8 Å². The molecule has 0 saturated heterocycles. The first kappa shape index (κ1) is 16.0. The number of halogens is 3. The minimum Gasteiger partial charge on any atom is -0.493 e. The van der Waals surface area contributed by atoms with Gasteiger partial charge in [-0.25, -0.2) is 0 Å². The lowest BCUT2D eigenvalue weighted by Crippen LogP contribution is -2.15. The van der Waals surface area contributed by atoms with Crippen LogP contribution in [0.3, 0.4) is 0 Å². The monoisotopic (exact) mass is 327 g/mol. The molecule has 22 heavy (non-hydrogen) atoms. The van der Waals surface area contributed by atoms with E-state index in [2.05, 4.69) is 10.1 Å². The average Bonchev–Trinajstić information content (AvgIpc) is 2.46. The molecule has 0 unspecified atom stereocenters. The van der Waals surface area contributed by atoms with Crippen molar-refractivity contribution in [3.63, 3.8) is 0 Å². The fraction of sp³-hybridized carbons (Fsp3) is 0.133. The third-order valence-electron chi connectivity index (χ3n) is 2.73. The first-order valence-corrected chi connectivity index (χ1v) is 6.58. The molecule has 0 aromatic heterocycles. The lowest BCUT2D eigenvalue weighted by molar-refractivity contribution is -0.0515. The Morgan fingerprint density at radius 3 is 2.59 bits per heavy atom. The van der Waals surface area contributed by atoms with Crippen molar-refractivity contribution < 1.29 is 23.0 Å². The van der Waals surface area contributed by atoms with Gasteiger partial charge in [0.25, 0.3) is 5.91 Å². The molecule has 2 aromatic rings. The Labute approximate surface area is 130 Å². The van der Waals surface area contributed by atoms with Crippen molar-refractivity contribution in [1.29, 1.82) is 0 Å². The van der Waals surface area contributed by atoms with Crippen LogP contribution in [0.1, 0.15) is 10.4 Å². The summed E-state index contributed by atoms with van der Waals surface area (Å²) in [6.07, 6.45) is 0. The van der Waals surface area contributed by atoms with Gasteiger partial charge in [0.2, 0.25) is 0 Å². The van der Waals surface area contributed by atoms with Crippen molar-refractivity contribution in [2.75, 3.05) is 12.4 Å². The van der Waals surface area contributed by atoms with Crippen LogP contribution in [0.5, 0.6) is 11.5 Å². The van der Waals surface area contributed by atoms with Crippen molar-refractivity contribution in [3.05, 3.63) is 53.1 Å². The van der Waals surface area contributed by atoms with Crippen LogP contribution < -0.4 is 14.8 Å². The second kappa shape index (κ2) is 7.09. The van der Waals surface area contributed by atoms with Crippen LogP contribution in [0.25, 0.3) is 0 Å². The molecular weight excluding hydrogens is 316 g/mol. The molecule has 0 saturated carbocycles. The van der Waals surface area contributed by atoms with E-state index in [4.69, 9.17) is 16.3 Å². The quantitative estimate of drug-likeness (QED) is 0.895. The normalized spacial score (nSPS) is 10.4. The van der Waals surface area contributed by atoms with Crippen LogP contribution in [0, 0.1) is 0 Å². The predicted octanol–water partition coefficient (Wildman–Crippen LogP) is 4.20. The van der Waals surface area contributed by atoms with Crippen molar-refractivity contribution in [2.45, 2.75) is 6.61 Å². The Bertz CT molecular complexity index is 680. The first-order valence-electron chi connectivity index (χ1n) is 6.20. The molecule has 0 atom stereocenters. The zero-order valence-electron chi connectivity index (χ0n) is 11.5. The summed E-state index contributed by atoms with van der Waals surface area (Å²) >= 11 is 5.83. The molecule has 7 heteroatoms. The molecule has 1 amide bonds. The number of carbonyl (C=O) groups excluding carboxylic acids is 1. The van der Waals surface area contributed by atoms with Crippen LogP contribution in [-0.4, -0.2) is 19.6 Å². The average molecular weight is 328 g/mol. The number of amides is 1. The molecule has 0 radical (unpaired) electrons. The van der Waals surface area contributed by atoms with Gasteiger partial charge in [-0.05, 0) is 30.3 Å². The van der Waals surface area contributed by atoms with Gasteiger partial charge in [0.15, 0.2) is 11.5 Å². The van der Waals surface area contributed by atoms with Crippen LogP contribution in [0.2, 0.25) is 5.02 Å². The van der Waals surface area contributed by atoms with Gasteiger partial charge in [0.1, 0.15) is 0 Å². The summed E-state index contributed by atoms with van der Waals surface area (Å²) in [5.74, 6) is -0.893. The van der Waals surface area contributed by atoms with Gasteiger partial charge in [0, 0.05) is 10.7 Å². The molecule has 0 aliphatic rings. The Morgan fingerprint density at radius 1 is 1.23 bits per heavy atom. The molecule has 0 aliphatic heterocycles. The fourth-order valence-corrected chi connectivity index (χ4v) is 2.02. The molecule has 0 heterocycles. The molecule has 0 bridgehead atoms. The van der Waals surface area contributed by atoms with E-state index in [-0.39, 0.29) is 17.1 Å². The molecular formula is C15H12ClF2NO3. The van der Waals surface area contributed by atoms with Crippen LogP contribution in [0.15, 0.2) is 42.5 Å². The van der Waals surface area contributed by atoms with Crippen LogP contribution in [-0.2, 0) is 0 Å². The first-order chi connectivity index (χ1) is 10.5. The molecule has 4 nitrogen and oxygen atoms in total. The number of ether oxygens (including phenoxy) is 2. The summed E-state index contributed by atoms with van der Waals surface area (Å²) in [5.41, 5.74) is 0.364. The molecule has 116 valence electrons. The number of methoxy groups -OCH3 is 1. The topological polar surface area (TPSA) is 47.6 Å². The lowest BCUT2D eigenvalue weighted by Gasteiger charge is -2.14. The molecule has 2 rings (SSSR count). The Hall–Kier alpha value is -2.34. The van der Waals surface area contributed by atoms with E-state index < -0.39 is 12.5 Å². The standard InChI is InChI=1S/C15H12ClF2NO3/c1-21-12-7-3-6-11(13(12)22-15(17)18)14(20)19-10-5-2-4-9(16)8-10/h2-8,15H,1H3,(H,19,20). The largest absolute Gasteiger partial charge is 0.493 e. The van der Waals surface area contributed by atoms with Gasteiger partial charge in [-0.3, -0.25) is 4.79 Å². The second-order valence-electron chi connectivity index (χ2n) is 4.18. The highest BCUT2D eigenvalue weighted by Gasteiger charge is 2.20. The molecule has 0 spiro atoms. The highest BCUT2D eigenvalue weighted by Crippen LogP contribution is 2.33. The van der Waals surface area contributed by atoms with Gasteiger partial charge in [0.05, 0.1) is 12.7 Å². The van der Waals surface area contributed by atoms with Crippen molar-refractivity contribution in [3.8, 4) is 11.5 Å². The smallest absolute Gasteiger partial charge is 0.387 e. The number of hydrogen-bond acceptors (Lipinski definition) is 3. The van der Waals surface area contributed by atoms with Gasteiger partial charge in [-0.1, -0.05) is 23.7 Å². The number of alkyl halides is 2. The Balaban J connectivity index is 2.32. The van der Waals surface area contributed by atoms with E-state index in [1.165, 1.54) is 31.4 Å². The number of rotatable bonds is 5. The highest BCUT2D eigenvalue weighted by atomic mass is 35.5. The molecule has 1 N–H and O–H groups in total. The summed E-state index contributed by atoms with van der Waals surface area (Å²) in [6, 6.07) is 10.7. The number of anilines is 1. The van der Waals surface area contributed by atoms with Crippen LogP contribution in [0.4, 0.5) is 14.5 Å². The van der Waals surface area contributed by atoms with Gasteiger partial charge in [-0.2, -0.15) is 8.78 Å². The SMILES string of the molecule is COc1cccc(C(=O)Nc2cccc(Cl)c2)c1OC(F)F. The number of nitrogens with one attached hydrogen (secondary N) is 1. The number of hydrogen-bond donors (Lipinski definition) is 1. The summed E-state index contributed by atoms with van der Waals surface area (Å²) in [6.45, 7) is -3.07. The van der Waals surface area contributed by atoms with E-state index >= 15 is 0 Å². The van der Waals surface area contributed by atoms with Gasteiger partial charge in [-0.15, -0.1) is 0 Å². The Kier molecular flexibility index (Phi) is 5.16. The maximum atomic E-state index is 12.5. The van der Waals surface area contributed by atoms with Gasteiger partial charge >= 0.3 is 6.61 Å². The minimum atomic E-state index is -3.07. The molecule has 0 fully saturated rings. The van der Waals surface area contributed by atoms with Crippen molar-refractivity contribution in [2.24, 2.45) is 0 Å². The number of carbonyl (C=O) groups is 1. The maximum Gasteiger partial charge on any atom is 0.387 e. The summed E-state index contributed by atoms with van der Waals surface area (Å²) in [4.78, 5) is 12.3. The number of para-hydroxylation sites is 1. The summed E-state index contributed by atoms with van der Waals surface area (Å²) in [7, 11) is 1.30.